The quantitative estimate of drug-likeness (QED) is 0.868. The first-order valence-electron chi connectivity index (χ1n) is 4.09. The van der Waals surface area contributed by atoms with Crippen LogP contribution in [0.4, 0.5) is 5.69 Å². The van der Waals surface area contributed by atoms with Crippen molar-refractivity contribution in [3.8, 4) is 0 Å². The monoisotopic (exact) mass is 296 g/mol. The van der Waals surface area contributed by atoms with Crippen molar-refractivity contribution in [2.75, 3.05) is 10.5 Å². The molecule has 0 aliphatic carbocycles. The standard InChI is InChI=1S/C8H10BrClN2OS/c1-2-3-14(13)12-6-4-7(9)8(10)11-5-6/h4-5,12H,2-3H2,1H3. The second-order valence-corrected chi connectivity index (χ2v) is 5.16. The van der Waals surface area contributed by atoms with Gasteiger partial charge in [-0.3, -0.25) is 0 Å². The number of halogens is 2. The van der Waals surface area contributed by atoms with Crippen LogP contribution in [-0.2, 0) is 11.0 Å². The third-order valence-electron chi connectivity index (χ3n) is 1.42. The summed E-state index contributed by atoms with van der Waals surface area (Å²) in [5, 5.41) is 0.400. The van der Waals surface area contributed by atoms with Gasteiger partial charge in [-0.15, -0.1) is 0 Å². The van der Waals surface area contributed by atoms with Crippen LogP contribution >= 0.6 is 27.5 Å². The number of pyridine rings is 1. The lowest BCUT2D eigenvalue weighted by Crippen LogP contribution is -2.07. The van der Waals surface area contributed by atoms with Gasteiger partial charge >= 0.3 is 0 Å². The van der Waals surface area contributed by atoms with E-state index in [-0.39, 0.29) is 0 Å². The van der Waals surface area contributed by atoms with Crippen molar-refractivity contribution in [1.29, 1.82) is 0 Å². The van der Waals surface area contributed by atoms with Crippen LogP contribution in [0.2, 0.25) is 5.15 Å². The highest BCUT2D eigenvalue weighted by Crippen LogP contribution is 2.22. The van der Waals surface area contributed by atoms with Crippen molar-refractivity contribution in [3.05, 3.63) is 21.9 Å². The van der Waals surface area contributed by atoms with Crippen LogP contribution in [0.5, 0.6) is 0 Å². The summed E-state index contributed by atoms with van der Waals surface area (Å²) in [6.07, 6.45) is 2.43. The molecule has 1 atom stereocenters. The minimum absolute atomic E-state index is 0.400. The summed E-state index contributed by atoms with van der Waals surface area (Å²) in [5.41, 5.74) is 0.702. The highest BCUT2D eigenvalue weighted by molar-refractivity contribution is 9.10. The van der Waals surface area contributed by atoms with Gasteiger partial charge in [0.1, 0.15) is 16.1 Å². The highest BCUT2D eigenvalue weighted by Gasteiger charge is 2.02. The number of nitrogens with zero attached hydrogens (tertiary/aromatic N) is 1. The van der Waals surface area contributed by atoms with E-state index in [0.717, 1.165) is 6.42 Å². The molecule has 3 nitrogen and oxygen atoms in total. The van der Waals surface area contributed by atoms with Crippen LogP contribution in [0, 0.1) is 0 Å². The fraction of sp³-hybridized carbons (Fsp3) is 0.375. The van der Waals surface area contributed by atoms with Crippen molar-refractivity contribution in [1.82, 2.24) is 4.98 Å². The van der Waals surface area contributed by atoms with Gasteiger partial charge in [-0.2, -0.15) is 0 Å². The van der Waals surface area contributed by atoms with E-state index in [1.807, 2.05) is 6.92 Å². The maximum absolute atomic E-state index is 11.3. The largest absolute Gasteiger partial charge is 0.304 e. The normalized spacial score (nSPS) is 12.5. The number of hydrogen-bond acceptors (Lipinski definition) is 2. The maximum atomic E-state index is 11.3. The average Bonchev–Trinajstić information content (AvgIpc) is 2.12. The second-order valence-electron chi connectivity index (χ2n) is 2.65. The molecule has 1 aromatic heterocycles. The van der Waals surface area contributed by atoms with E-state index in [4.69, 9.17) is 11.6 Å². The third-order valence-corrected chi connectivity index (χ3v) is 3.79. The molecule has 1 rings (SSSR count). The molecule has 6 heteroatoms. The fourth-order valence-corrected chi connectivity index (χ4v) is 2.14. The Hall–Kier alpha value is -0.130. The lowest BCUT2D eigenvalue weighted by Gasteiger charge is -2.05. The van der Waals surface area contributed by atoms with E-state index in [1.165, 1.54) is 0 Å². The molecule has 0 amide bonds. The van der Waals surface area contributed by atoms with Gasteiger partial charge in [0.2, 0.25) is 0 Å². The van der Waals surface area contributed by atoms with E-state index in [2.05, 4.69) is 25.6 Å². The maximum Gasteiger partial charge on any atom is 0.143 e. The Kier molecular flexibility index (Phi) is 4.84. The molecular weight excluding hydrogens is 288 g/mol. The third kappa shape index (κ3) is 3.55. The molecule has 78 valence electrons. The Morgan fingerprint density at radius 1 is 1.71 bits per heavy atom. The molecule has 0 aromatic carbocycles. The minimum atomic E-state index is -1.04. The molecule has 14 heavy (non-hydrogen) atoms. The SMILES string of the molecule is CCCS(=O)Nc1cnc(Cl)c(Br)c1. The van der Waals surface area contributed by atoms with Gasteiger partial charge in [-0.25, -0.2) is 9.19 Å². The number of rotatable bonds is 4. The van der Waals surface area contributed by atoms with Gasteiger partial charge in [0.25, 0.3) is 0 Å². The van der Waals surface area contributed by atoms with Crippen LogP contribution in [0.15, 0.2) is 16.7 Å². The molecule has 1 heterocycles. The summed E-state index contributed by atoms with van der Waals surface area (Å²) >= 11 is 8.96. The van der Waals surface area contributed by atoms with Crippen LogP contribution in [0.25, 0.3) is 0 Å². The molecule has 0 saturated carbocycles. The topological polar surface area (TPSA) is 42.0 Å². The van der Waals surface area contributed by atoms with Crippen molar-refractivity contribution < 1.29 is 4.21 Å². The first kappa shape index (κ1) is 11.9. The first-order valence-corrected chi connectivity index (χ1v) is 6.58. The zero-order chi connectivity index (χ0) is 10.6. The molecular formula is C8H10BrClN2OS. The first-order chi connectivity index (χ1) is 6.63. The van der Waals surface area contributed by atoms with Crippen molar-refractivity contribution in [3.63, 3.8) is 0 Å². The molecule has 1 aromatic rings. The van der Waals surface area contributed by atoms with Gasteiger partial charge < -0.3 is 4.72 Å². The Balaban J connectivity index is 2.68. The summed E-state index contributed by atoms with van der Waals surface area (Å²) in [6, 6.07) is 1.75. The van der Waals surface area contributed by atoms with E-state index in [9.17, 15) is 4.21 Å². The van der Waals surface area contributed by atoms with Crippen LogP contribution in [-0.4, -0.2) is 14.9 Å². The smallest absolute Gasteiger partial charge is 0.143 e. The second kappa shape index (κ2) is 5.68. The zero-order valence-corrected chi connectivity index (χ0v) is 10.7. The van der Waals surface area contributed by atoms with Gasteiger partial charge in [-0.05, 0) is 28.4 Å². The zero-order valence-electron chi connectivity index (χ0n) is 7.59. The molecule has 0 bridgehead atoms. The Morgan fingerprint density at radius 3 is 3.00 bits per heavy atom. The molecule has 0 fully saturated rings. The van der Waals surface area contributed by atoms with Crippen molar-refractivity contribution >= 4 is 44.2 Å². The Morgan fingerprint density at radius 2 is 2.43 bits per heavy atom. The number of hydrogen-bond donors (Lipinski definition) is 1. The molecule has 0 spiro atoms. The lowest BCUT2D eigenvalue weighted by atomic mass is 10.4. The van der Waals surface area contributed by atoms with E-state index >= 15 is 0 Å². The summed E-state index contributed by atoms with van der Waals surface area (Å²) in [5.74, 6) is 0.625. The molecule has 0 aliphatic rings. The van der Waals surface area contributed by atoms with Gasteiger partial charge in [-0.1, -0.05) is 18.5 Å². The Labute approximate surface area is 99.0 Å². The number of anilines is 1. The minimum Gasteiger partial charge on any atom is -0.304 e. The van der Waals surface area contributed by atoms with Crippen LogP contribution in [0.3, 0.4) is 0 Å². The molecule has 0 aliphatic heterocycles. The predicted molar refractivity (Wildman–Crippen MR) is 63.9 cm³/mol. The van der Waals surface area contributed by atoms with Crippen LogP contribution in [0.1, 0.15) is 13.3 Å². The lowest BCUT2D eigenvalue weighted by molar-refractivity contribution is 0.685. The summed E-state index contributed by atoms with van der Waals surface area (Å²) < 4.78 is 14.9. The van der Waals surface area contributed by atoms with Crippen LogP contribution < -0.4 is 4.72 Å². The predicted octanol–water partition coefficient (Wildman–Crippen LogP) is 2.98. The summed E-state index contributed by atoms with van der Waals surface area (Å²) in [4.78, 5) is 3.91. The van der Waals surface area contributed by atoms with E-state index in [1.54, 1.807) is 12.3 Å². The average molecular weight is 298 g/mol. The van der Waals surface area contributed by atoms with Gasteiger partial charge in [0.15, 0.2) is 0 Å². The fourth-order valence-electron chi connectivity index (χ4n) is 0.845. The summed E-state index contributed by atoms with van der Waals surface area (Å²) in [6.45, 7) is 1.98. The highest BCUT2D eigenvalue weighted by atomic mass is 79.9. The Bertz CT molecular complexity index is 348. The van der Waals surface area contributed by atoms with Crippen molar-refractivity contribution in [2.45, 2.75) is 13.3 Å². The van der Waals surface area contributed by atoms with E-state index in [0.29, 0.717) is 21.1 Å². The van der Waals surface area contributed by atoms with Gasteiger partial charge in [0.05, 0.1) is 16.4 Å². The molecule has 1 unspecified atom stereocenters. The number of nitrogens with one attached hydrogen (secondary N) is 1. The molecule has 0 saturated heterocycles. The molecule has 1 N–H and O–H groups in total. The summed E-state index contributed by atoms with van der Waals surface area (Å²) in [7, 11) is -1.04. The molecule has 0 radical (unpaired) electrons. The van der Waals surface area contributed by atoms with Gasteiger partial charge in [0, 0.05) is 5.75 Å². The number of aromatic nitrogens is 1. The van der Waals surface area contributed by atoms with Crippen molar-refractivity contribution in [2.24, 2.45) is 0 Å². The van der Waals surface area contributed by atoms with E-state index < -0.39 is 11.0 Å².